The molecule has 1 atom stereocenters. The fourth-order valence-corrected chi connectivity index (χ4v) is 1.82. The van der Waals surface area contributed by atoms with E-state index in [1.807, 2.05) is 19.1 Å². The summed E-state index contributed by atoms with van der Waals surface area (Å²) in [5.74, 6) is 0.494. The zero-order valence-electron chi connectivity index (χ0n) is 9.63. The first-order valence-corrected chi connectivity index (χ1v) is 5.60. The highest BCUT2D eigenvalue weighted by molar-refractivity contribution is 6.31. The van der Waals surface area contributed by atoms with Gasteiger partial charge in [-0.25, -0.2) is 0 Å². The molecule has 15 heavy (non-hydrogen) atoms. The van der Waals surface area contributed by atoms with Gasteiger partial charge in [0.05, 0.1) is 0 Å². The Balaban J connectivity index is 2.82. The third-order valence-corrected chi connectivity index (χ3v) is 3.05. The van der Waals surface area contributed by atoms with Gasteiger partial charge in [-0.15, -0.1) is 0 Å². The van der Waals surface area contributed by atoms with Gasteiger partial charge in [-0.2, -0.15) is 0 Å². The Morgan fingerprint density at radius 2 is 2.13 bits per heavy atom. The molecule has 2 nitrogen and oxygen atoms in total. The van der Waals surface area contributed by atoms with Gasteiger partial charge >= 0.3 is 0 Å². The maximum atomic E-state index is 6.08. The predicted molar refractivity (Wildman–Crippen MR) is 67.7 cm³/mol. The van der Waals surface area contributed by atoms with E-state index in [9.17, 15) is 0 Å². The molecule has 0 spiro atoms. The van der Waals surface area contributed by atoms with Gasteiger partial charge in [-0.3, -0.25) is 0 Å². The van der Waals surface area contributed by atoms with Crippen molar-refractivity contribution in [2.75, 3.05) is 25.0 Å². The molecule has 1 unspecified atom stereocenters. The van der Waals surface area contributed by atoms with Gasteiger partial charge in [0, 0.05) is 24.3 Å². The molecular formula is C12H19ClN2. The Hall–Kier alpha value is -0.730. The summed E-state index contributed by atoms with van der Waals surface area (Å²) < 4.78 is 0. The molecule has 0 heterocycles. The van der Waals surface area contributed by atoms with Gasteiger partial charge in [-0.05, 0) is 37.1 Å². The first-order valence-electron chi connectivity index (χ1n) is 5.22. The van der Waals surface area contributed by atoms with E-state index >= 15 is 0 Å². The van der Waals surface area contributed by atoms with Crippen LogP contribution in [0.3, 0.4) is 0 Å². The lowest BCUT2D eigenvalue weighted by atomic mass is 10.1. The second-order valence-electron chi connectivity index (χ2n) is 4.11. The first kappa shape index (κ1) is 12.3. The van der Waals surface area contributed by atoms with Crippen molar-refractivity contribution in [3.05, 3.63) is 28.8 Å². The van der Waals surface area contributed by atoms with Crippen molar-refractivity contribution < 1.29 is 0 Å². The molecule has 1 aromatic rings. The summed E-state index contributed by atoms with van der Waals surface area (Å²) in [6.07, 6.45) is 0. The van der Waals surface area contributed by atoms with Crippen molar-refractivity contribution in [2.24, 2.45) is 11.7 Å². The normalized spacial score (nSPS) is 12.6. The number of halogens is 1. The van der Waals surface area contributed by atoms with Crippen LogP contribution in [0.4, 0.5) is 5.69 Å². The minimum Gasteiger partial charge on any atom is -0.374 e. The van der Waals surface area contributed by atoms with Crippen molar-refractivity contribution >= 4 is 17.3 Å². The van der Waals surface area contributed by atoms with E-state index in [1.54, 1.807) is 0 Å². The molecule has 2 N–H and O–H groups in total. The smallest absolute Gasteiger partial charge is 0.0455 e. The van der Waals surface area contributed by atoms with Crippen molar-refractivity contribution in [3.8, 4) is 0 Å². The number of nitrogens with zero attached hydrogens (tertiary/aromatic N) is 1. The molecular weight excluding hydrogens is 208 g/mol. The lowest BCUT2D eigenvalue weighted by Gasteiger charge is -2.24. The van der Waals surface area contributed by atoms with Crippen LogP contribution in [0, 0.1) is 12.8 Å². The minimum atomic E-state index is 0.494. The summed E-state index contributed by atoms with van der Waals surface area (Å²) in [5.41, 5.74) is 7.93. The summed E-state index contributed by atoms with van der Waals surface area (Å²) in [7, 11) is 2.07. The number of rotatable bonds is 4. The van der Waals surface area contributed by atoms with Crippen LogP contribution in [0.15, 0.2) is 18.2 Å². The fourth-order valence-electron chi connectivity index (χ4n) is 1.65. The molecule has 0 aliphatic rings. The fraction of sp³-hybridized carbons (Fsp3) is 0.500. The topological polar surface area (TPSA) is 29.3 Å². The largest absolute Gasteiger partial charge is 0.374 e. The van der Waals surface area contributed by atoms with E-state index in [0.717, 1.165) is 17.1 Å². The molecule has 0 bridgehead atoms. The number of hydrogen-bond donors (Lipinski definition) is 1. The zero-order valence-corrected chi connectivity index (χ0v) is 10.4. The zero-order chi connectivity index (χ0) is 11.4. The molecule has 0 amide bonds. The summed E-state index contributed by atoms with van der Waals surface area (Å²) in [4.78, 5) is 2.21. The number of nitrogens with two attached hydrogens (primary N) is 1. The van der Waals surface area contributed by atoms with Crippen LogP contribution in [-0.4, -0.2) is 20.1 Å². The molecule has 1 rings (SSSR count). The first-order chi connectivity index (χ1) is 7.06. The van der Waals surface area contributed by atoms with Crippen LogP contribution in [0.25, 0.3) is 0 Å². The molecule has 0 radical (unpaired) electrons. The highest BCUT2D eigenvalue weighted by Crippen LogP contribution is 2.25. The summed E-state index contributed by atoms with van der Waals surface area (Å²) >= 11 is 6.08. The average Bonchev–Trinajstić information content (AvgIpc) is 2.21. The number of hydrogen-bond acceptors (Lipinski definition) is 2. The standard InChI is InChI=1S/C12H19ClN2/c1-9(7-14)8-15(3)12-6-4-5-11(13)10(12)2/h4-6,9H,7-8,14H2,1-3H3. The van der Waals surface area contributed by atoms with Crippen molar-refractivity contribution in [3.63, 3.8) is 0 Å². The van der Waals surface area contributed by atoms with Crippen LogP contribution in [0.1, 0.15) is 12.5 Å². The van der Waals surface area contributed by atoms with Gasteiger partial charge in [0.1, 0.15) is 0 Å². The quantitative estimate of drug-likeness (QED) is 0.856. The van der Waals surface area contributed by atoms with E-state index in [1.165, 1.54) is 5.69 Å². The highest BCUT2D eigenvalue weighted by Gasteiger charge is 2.09. The lowest BCUT2D eigenvalue weighted by Crippen LogP contribution is -2.28. The van der Waals surface area contributed by atoms with Crippen molar-refractivity contribution in [1.82, 2.24) is 0 Å². The minimum absolute atomic E-state index is 0.494. The predicted octanol–water partition coefficient (Wildman–Crippen LogP) is 2.68. The molecule has 0 aliphatic heterocycles. The summed E-state index contributed by atoms with van der Waals surface area (Å²) in [6.45, 7) is 5.86. The van der Waals surface area contributed by atoms with Crippen molar-refractivity contribution in [1.29, 1.82) is 0 Å². The van der Waals surface area contributed by atoms with Crippen LogP contribution >= 0.6 is 11.6 Å². The second kappa shape index (κ2) is 5.38. The Bertz CT molecular complexity index is 325. The second-order valence-corrected chi connectivity index (χ2v) is 4.51. The van der Waals surface area contributed by atoms with Gasteiger partial charge in [0.15, 0.2) is 0 Å². The van der Waals surface area contributed by atoms with Crippen molar-refractivity contribution in [2.45, 2.75) is 13.8 Å². The third kappa shape index (κ3) is 3.11. The monoisotopic (exact) mass is 226 g/mol. The average molecular weight is 227 g/mol. The van der Waals surface area contributed by atoms with E-state index in [2.05, 4.69) is 24.9 Å². The molecule has 0 aliphatic carbocycles. The highest BCUT2D eigenvalue weighted by atomic mass is 35.5. The van der Waals surface area contributed by atoms with E-state index in [4.69, 9.17) is 17.3 Å². The van der Waals surface area contributed by atoms with E-state index < -0.39 is 0 Å². The van der Waals surface area contributed by atoms with Gasteiger partial charge in [-0.1, -0.05) is 24.6 Å². The Morgan fingerprint density at radius 3 is 2.73 bits per heavy atom. The molecule has 0 saturated heterocycles. The van der Waals surface area contributed by atoms with Crippen LogP contribution < -0.4 is 10.6 Å². The van der Waals surface area contributed by atoms with Gasteiger partial charge in [0.25, 0.3) is 0 Å². The summed E-state index contributed by atoms with van der Waals surface area (Å²) in [5, 5.41) is 0.819. The number of benzene rings is 1. The van der Waals surface area contributed by atoms with E-state index in [-0.39, 0.29) is 0 Å². The van der Waals surface area contributed by atoms with Crippen LogP contribution in [0.2, 0.25) is 5.02 Å². The Morgan fingerprint density at radius 1 is 1.47 bits per heavy atom. The molecule has 0 fully saturated rings. The molecule has 0 aromatic heterocycles. The lowest BCUT2D eigenvalue weighted by molar-refractivity contribution is 0.589. The maximum Gasteiger partial charge on any atom is 0.0455 e. The SMILES string of the molecule is Cc1c(Cl)cccc1N(C)CC(C)CN. The van der Waals surface area contributed by atoms with E-state index in [0.29, 0.717) is 12.5 Å². The molecule has 3 heteroatoms. The van der Waals surface area contributed by atoms with Crippen LogP contribution in [0.5, 0.6) is 0 Å². The van der Waals surface area contributed by atoms with Gasteiger partial charge < -0.3 is 10.6 Å². The number of anilines is 1. The maximum absolute atomic E-state index is 6.08. The summed E-state index contributed by atoms with van der Waals surface area (Å²) in [6, 6.07) is 5.99. The Labute approximate surface area is 97.0 Å². The van der Waals surface area contributed by atoms with Crippen LogP contribution in [-0.2, 0) is 0 Å². The van der Waals surface area contributed by atoms with Gasteiger partial charge in [0.2, 0.25) is 0 Å². The molecule has 0 saturated carbocycles. The molecule has 1 aromatic carbocycles. The third-order valence-electron chi connectivity index (χ3n) is 2.64. The molecule has 84 valence electrons. The Kier molecular flexibility index (Phi) is 4.43.